The number of esters is 1. The molecule has 1 N–H and O–H groups in total. The predicted octanol–water partition coefficient (Wildman–Crippen LogP) is 7.76. The number of benzene rings is 3. The Labute approximate surface area is 244 Å². The molecule has 0 saturated carbocycles. The van der Waals surface area contributed by atoms with Crippen molar-refractivity contribution in [3.8, 4) is 0 Å². The van der Waals surface area contributed by atoms with Crippen molar-refractivity contribution in [2.45, 2.75) is 19.9 Å². The van der Waals surface area contributed by atoms with E-state index in [4.69, 9.17) is 37.7 Å². The molecule has 1 atom stereocenters. The number of aliphatic imine (C=N–C) groups is 1. The summed E-state index contributed by atoms with van der Waals surface area (Å²) in [5.41, 5.74) is 3.72. The number of amidine groups is 1. The predicted molar refractivity (Wildman–Crippen MR) is 161 cm³/mol. The van der Waals surface area contributed by atoms with Crippen molar-refractivity contribution in [2.24, 2.45) is 4.99 Å². The summed E-state index contributed by atoms with van der Waals surface area (Å²) in [4.78, 5) is 19.3. The number of ether oxygens (including phenoxy) is 2. The highest BCUT2D eigenvalue weighted by Crippen LogP contribution is 2.36. The molecule has 1 saturated heterocycles. The maximum absolute atomic E-state index is 12.2. The molecule has 1 unspecified atom stereocenters. The van der Waals surface area contributed by atoms with Crippen LogP contribution in [0.5, 0.6) is 0 Å². The minimum absolute atomic E-state index is 0. The number of hydrogen-bond acceptors (Lipinski definition) is 7. The molecule has 6 nitrogen and oxygen atoms in total. The van der Waals surface area contributed by atoms with Crippen molar-refractivity contribution in [1.29, 1.82) is 0 Å². The van der Waals surface area contributed by atoms with Crippen molar-refractivity contribution in [3.63, 3.8) is 0 Å². The number of carbonyl (C=O) groups is 1. The van der Waals surface area contributed by atoms with Gasteiger partial charge in [0.25, 0.3) is 0 Å². The van der Waals surface area contributed by atoms with Gasteiger partial charge in [-0.15, -0.1) is 12.4 Å². The third kappa shape index (κ3) is 7.58. The highest BCUT2D eigenvalue weighted by molar-refractivity contribution is 8.14. The number of aryl methyl sites for hydroxylation is 1. The van der Waals surface area contributed by atoms with Gasteiger partial charge in [0.15, 0.2) is 12.0 Å². The number of nitrogens with zero attached hydrogens (tertiary/aromatic N) is 2. The van der Waals surface area contributed by atoms with Crippen LogP contribution in [0.3, 0.4) is 0 Å². The maximum atomic E-state index is 12.2. The molecule has 0 aromatic heterocycles. The Morgan fingerprint density at radius 1 is 1.11 bits per heavy atom. The van der Waals surface area contributed by atoms with Crippen LogP contribution >= 0.6 is 47.4 Å². The average Bonchev–Trinajstić information content (AvgIpc) is 3.53. The fourth-order valence-corrected chi connectivity index (χ4v) is 5.40. The van der Waals surface area contributed by atoms with Gasteiger partial charge >= 0.3 is 5.97 Å². The monoisotopic (exact) mass is 593 g/mol. The standard InChI is InChI=1S/C17H17Cl2NO3.C11H12N2S.ClH/c1-3-22-10-23-17(21)12-6-4-5-7-14(12)20-16-13(18)9-8-11(2)15(16)19;1-2-4-9(5-3-1)10-8-13-6-7-14-11(13)12-10;/h4-9,20H,3,10H2,1-2H3;1-5,10H,6-8H2;1H. The van der Waals surface area contributed by atoms with Gasteiger partial charge in [-0.1, -0.05) is 83.5 Å². The Bertz CT molecular complexity index is 1260. The number of para-hydroxylation sites is 1. The van der Waals surface area contributed by atoms with Crippen molar-refractivity contribution in [2.75, 3.05) is 37.6 Å². The second-order valence-corrected chi connectivity index (χ2v) is 10.2. The Morgan fingerprint density at radius 2 is 1.84 bits per heavy atom. The average molecular weight is 595 g/mol. The summed E-state index contributed by atoms with van der Waals surface area (Å²) in [5, 5.41) is 5.34. The van der Waals surface area contributed by atoms with Crippen molar-refractivity contribution in [1.82, 2.24) is 4.90 Å². The third-order valence-electron chi connectivity index (χ3n) is 5.88. The summed E-state index contributed by atoms with van der Waals surface area (Å²) >= 11 is 14.4. The van der Waals surface area contributed by atoms with Crippen molar-refractivity contribution >= 4 is 69.9 Å². The molecule has 0 radical (unpaired) electrons. The van der Waals surface area contributed by atoms with Gasteiger partial charge in [-0.2, -0.15) is 0 Å². The molecule has 5 rings (SSSR count). The smallest absolute Gasteiger partial charge is 0.342 e. The van der Waals surface area contributed by atoms with Gasteiger partial charge in [-0.3, -0.25) is 4.99 Å². The number of fused-ring (bicyclic) bond motifs is 1. The van der Waals surface area contributed by atoms with Crippen LogP contribution < -0.4 is 5.32 Å². The number of hydrogen-bond donors (Lipinski definition) is 1. The molecule has 0 spiro atoms. The lowest BCUT2D eigenvalue weighted by Crippen LogP contribution is -2.21. The van der Waals surface area contributed by atoms with Gasteiger partial charge in [0, 0.05) is 25.4 Å². The SMILES string of the molecule is CCOCOC(=O)c1ccccc1Nc1c(Cl)ccc(C)c1Cl.Cl.c1ccc(C2CN3CCSC3=N2)cc1. The first-order chi connectivity index (χ1) is 18.0. The molecule has 3 aromatic carbocycles. The minimum atomic E-state index is -0.485. The van der Waals surface area contributed by atoms with Crippen LogP contribution in [0.15, 0.2) is 71.7 Å². The highest BCUT2D eigenvalue weighted by Gasteiger charge is 2.29. The minimum Gasteiger partial charge on any atom is -0.435 e. The highest BCUT2D eigenvalue weighted by atomic mass is 35.5. The van der Waals surface area contributed by atoms with E-state index < -0.39 is 5.97 Å². The number of rotatable bonds is 7. The zero-order valence-electron chi connectivity index (χ0n) is 21.2. The third-order valence-corrected chi connectivity index (χ3v) is 7.69. The van der Waals surface area contributed by atoms with Crippen LogP contribution in [0.2, 0.25) is 10.0 Å². The molecule has 10 heteroatoms. The molecule has 0 amide bonds. The Morgan fingerprint density at radius 3 is 2.58 bits per heavy atom. The second-order valence-electron chi connectivity index (χ2n) is 8.40. The summed E-state index contributed by atoms with van der Waals surface area (Å²) in [5.74, 6) is 0.724. The van der Waals surface area contributed by atoms with Crippen LogP contribution in [0.1, 0.15) is 34.5 Å². The van der Waals surface area contributed by atoms with Gasteiger partial charge in [0.05, 0.1) is 33.0 Å². The lowest BCUT2D eigenvalue weighted by Gasteiger charge is -2.15. The van der Waals surface area contributed by atoms with E-state index in [1.807, 2.05) is 31.7 Å². The van der Waals surface area contributed by atoms with Crippen molar-refractivity contribution < 1.29 is 14.3 Å². The van der Waals surface area contributed by atoms with Gasteiger partial charge in [0.2, 0.25) is 0 Å². The molecular formula is C28H30Cl3N3O3S. The first-order valence-corrected chi connectivity index (χ1v) is 13.8. The first kappa shape index (κ1) is 30.1. The molecule has 1 fully saturated rings. The van der Waals surface area contributed by atoms with Crippen LogP contribution in [0.25, 0.3) is 0 Å². The van der Waals surface area contributed by atoms with Crippen molar-refractivity contribution in [3.05, 3.63) is 93.5 Å². The molecule has 2 aliphatic rings. The molecule has 38 heavy (non-hydrogen) atoms. The number of anilines is 2. The molecule has 2 aliphatic heterocycles. The molecular weight excluding hydrogens is 565 g/mol. The molecule has 202 valence electrons. The van der Waals surface area contributed by atoms with E-state index in [9.17, 15) is 4.79 Å². The van der Waals surface area contributed by atoms with Gasteiger partial charge < -0.3 is 19.7 Å². The van der Waals surface area contributed by atoms with E-state index in [1.165, 1.54) is 23.0 Å². The zero-order valence-corrected chi connectivity index (χ0v) is 24.3. The van der Waals surface area contributed by atoms with Crippen LogP contribution in [-0.2, 0) is 9.47 Å². The number of halogens is 3. The van der Waals surface area contributed by atoms with Gasteiger partial charge in [-0.05, 0) is 43.2 Å². The van der Waals surface area contributed by atoms with Gasteiger partial charge in [0.1, 0.15) is 0 Å². The van der Waals surface area contributed by atoms with E-state index in [-0.39, 0.29) is 19.2 Å². The van der Waals surface area contributed by atoms with E-state index >= 15 is 0 Å². The fourth-order valence-electron chi connectivity index (χ4n) is 3.89. The lowest BCUT2D eigenvalue weighted by atomic mass is 10.1. The Hall–Kier alpha value is -2.42. The van der Waals surface area contributed by atoms with E-state index in [0.29, 0.717) is 39.6 Å². The fraction of sp³-hybridized carbons (Fsp3) is 0.286. The second kappa shape index (κ2) is 14.7. The first-order valence-electron chi connectivity index (χ1n) is 12.0. The quantitative estimate of drug-likeness (QED) is 0.171. The number of thioether (sulfide) groups is 1. The summed E-state index contributed by atoms with van der Waals surface area (Å²) in [6.45, 7) is 6.34. The lowest BCUT2D eigenvalue weighted by molar-refractivity contribution is -0.0273. The molecule has 0 aliphatic carbocycles. The van der Waals surface area contributed by atoms with E-state index in [1.54, 1.807) is 30.3 Å². The molecule has 0 bridgehead atoms. The Balaban J connectivity index is 0.000000227. The van der Waals surface area contributed by atoms with E-state index in [2.05, 4.69) is 40.5 Å². The molecule has 2 heterocycles. The summed E-state index contributed by atoms with van der Waals surface area (Å²) in [6.07, 6.45) is 0. The number of nitrogens with one attached hydrogen (secondary N) is 1. The van der Waals surface area contributed by atoms with Crippen LogP contribution in [0, 0.1) is 6.92 Å². The van der Waals surface area contributed by atoms with E-state index in [0.717, 1.165) is 12.1 Å². The van der Waals surface area contributed by atoms with Gasteiger partial charge in [-0.25, -0.2) is 4.79 Å². The molecule has 3 aromatic rings. The topological polar surface area (TPSA) is 63.2 Å². The Kier molecular flexibility index (Phi) is 11.6. The number of carbonyl (C=O) groups excluding carboxylic acids is 1. The summed E-state index contributed by atoms with van der Waals surface area (Å²) in [6, 6.07) is 21.5. The van der Waals surface area contributed by atoms with Crippen LogP contribution in [-0.4, -0.2) is 48.3 Å². The summed E-state index contributed by atoms with van der Waals surface area (Å²) in [7, 11) is 0. The van der Waals surface area contributed by atoms with Crippen LogP contribution in [0.4, 0.5) is 11.4 Å². The maximum Gasteiger partial charge on any atom is 0.342 e. The normalized spacial score (nSPS) is 15.5. The largest absolute Gasteiger partial charge is 0.435 e. The zero-order chi connectivity index (χ0) is 26.2. The summed E-state index contributed by atoms with van der Waals surface area (Å²) < 4.78 is 10.1.